The van der Waals surface area contributed by atoms with Crippen molar-refractivity contribution in [2.75, 3.05) is 0 Å². The fraction of sp³-hybridized carbons (Fsp3) is 0.947. The first-order chi connectivity index (χ1) is 9.40. The van der Waals surface area contributed by atoms with Crippen LogP contribution in [-0.2, 0) is 0 Å². The highest BCUT2D eigenvalue weighted by Gasteiger charge is 2.28. The molecule has 111 valence electrons. The van der Waals surface area contributed by atoms with Crippen molar-refractivity contribution in [3.63, 3.8) is 0 Å². The summed E-state index contributed by atoms with van der Waals surface area (Å²) in [6, 6.07) is 0. The summed E-state index contributed by atoms with van der Waals surface area (Å²) in [7, 11) is 0. The van der Waals surface area contributed by atoms with Gasteiger partial charge in [-0.15, -0.1) is 0 Å². The molecule has 0 heterocycles. The third kappa shape index (κ3) is 5.48. The largest absolute Gasteiger partial charge is 0.0654 e. The summed E-state index contributed by atoms with van der Waals surface area (Å²) in [5.41, 5.74) is 0. The summed E-state index contributed by atoms with van der Waals surface area (Å²) in [6.07, 6.45) is 22.4. The van der Waals surface area contributed by atoms with Gasteiger partial charge in [0, 0.05) is 0 Å². The van der Waals surface area contributed by atoms with Gasteiger partial charge in [-0.05, 0) is 43.4 Å². The quantitative estimate of drug-likeness (QED) is 0.449. The molecule has 0 saturated heterocycles. The molecule has 0 aromatic heterocycles. The molecule has 0 N–H and O–H groups in total. The minimum atomic E-state index is 1.04. The lowest BCUT2D eigenvalue weighted by atomic mass is 9.70. The van der Waals surface area contributed by atoms with Gasteiger partial charge < -0.3 is 0 Å². The van der Waals surface area contributed by atoms with Gasteiger partial charge in [-0.2, -0.15) is 0 Å². The second kappa shape index (κ2) is 9.03. The average Bonchev–Trinajstić information content (AvgIpc) is 2.49. The first kappa shape index (κ1) is 15.4. The zero-order chi connectivity index (χ0) is 13.3. The van der Waals surface area contributed by atoms with Crippen LogP contribution in [0, 0.1) is 17.8 Å². The van der Waals surface area contributed by atoms with E-state index in [0.717, 1.165) is 11.8 Å². The lowest BCUT2D eigenvalue weighted by Crippen LogP contribution is -2.22. The fourth-order valence-electron chi connectivity index (χ4n) is 4.31. The Hall–Kier alpha value is 0. The summed E-state index contributed by atoms with van der Waals surface area (Å²) in [5, 5.41) is 0. The molecular weight excluding hydrogens is 228 g/mol. The van der Waals surface area contributed by atoms with Crippen LogP contribution in [0.15, 0.2) is 0 Å². The molecule has 2 aliphatic rings. The topological polar surface area (TPSA) is 0 Å². The SMILES string of the molecule is CCCCCCCC1CCC([C]2CCCCC2)CC1. The van der Waals surface area contributed by atoms with Crippen LogP contribution in [0.5, 0.6) is 0 Å². The van der Waals surface area contributed by atoms with Crippen molar-refractivity contribution < 1.29 is 0 Å². The zero-order valence-corrected chi connectivity index (χ0v) is 13.3. The van der Waals surface area contributed by atoms with Gasteiger partial charge in [0.05, 0.1) is 0 Å². The van der Waals surface area contributed by atoms with Crippen molar-refractivity contribution in [2.45, 2.75) is 103 Å². The van der Waals surface area contributed by atoms with E-state index in [1.165, 1.54) is 83.5 Å². The highest BCUT2D eigenvalue weighted by Crippen LogP contribution is 2.42. The zero-order valence-electron chi connectivity index (χ0n) is 13.3. The van der Waals surface area contributed by atoms with E-state index >= 15 is 0 Å². The molecule has 2 saturated carbocycles. The molecule has 0 amide bonds. The molecule has 19 heavy (non-hydrogen) atoms. The van der Waals surface area contributed by atoms with Crippen molar-refractivity contribution >= 4 is 0 Å². The van der Waals surface area contributed by atoms with E-state index in [9.17, 15) is 0 Å². The predicted molar refractivity (Wildman–Crippen MR) is 85.2 cm³/mol. The van der Waals surface area contributed by atoms with Crippen LogP contribution in [0.25, 0.3) is 0 Å². The molecule has 2 fully saturated rings. The highest BCUT2D eigenvalue weighted by atomic mass is 14.3. The standard InChI is InChI=1S/C19H35/c1-2-3-4-5-7-10-17-13-15-19(16-14-17)18-11-8-6-9-12-18/h17,19H,2-16H2,1H3. The van der Waals surface area contributed by atoms with Gasteiger partial charge in [-0.1, -0.05) is 77.6 Å². The molecule has 0 spiro atoms. The van der Waals surface area contributed by atoms with Crippen molar-refractivity contribution in [2.24, 2.45) is 11.8 Å². The minimum absolute atomic E-state index is 1.04. The monoisotopic (exact) mass is 263 g/mol. The number of hydrogen-bond acceptors (Lipinski definition) is 0. The summed E-state index contributed by atoms with van der Waals surface area (Å²) >= 11 is 0. The Morgan fingerprint density at radius 1 is 0.789 bits per heavy atom. The molecule has 2 aliphatic carbocycles. The lowest BCUT2D eigenvalue weighted by Gasteiger charge is -2.35. The Labute approximate surface area is 121 Å². The van der Waals surface area contributed by atoms with Gasteiger partial charge in [0.25, 0.3) is 0 Å². The van der Waals surface area contributed by atoms with Gasteiger partial charge in [-0.3, -0.25) is 0 Å². The molecule has 1 radical (unpaired) electrons. The third-order valence-corrected chi connectivity index (χ3v) is 5.64. The molecule has 0 atom stereocenters. The smallest absolute Gasteiger partial charge is 0.0210 e. The third-order valence-electron chi connectivity index (χ3n) is 5.64. The van der Waals surface area contributed by atoms with E-state index in [4.69, 9.17) is 0 Å². The maximum absolute atomic E-state index is 2.31. The van der Waals surface area contributed by atoms with E-state index in [-0.39, 0.29) is 0 Å². The summed E-state index contributed by atoms with van der Waals surface area (Å²) < 4.78 is 0. The molecule has 0 aliphatic heterocycles. The molecule has 2 rings (SSSR count). The summed E-state index contributed by atoms with van der Waals surface area (Å²) in [4.78, 5) is 0. The normalized spacial score (nSPS) is 29.5. The first-order valence-electron chi connectivity index (χ1n) is 9.24. The van der Waals surface area contributed by atoms with Crippen LogP contribution in [-0.4, -0.2) is 0 Å². The maximum atomic E-state index is 2.31. The van der Waals surface area contributed by atoms with Crippen LogP contribution in [0.3, 0.4) is 0 Å². The van der Waals surface area contributed by atoms with E-state index in [1.807, 2.05) is 5.92 Å². The van der Waals surface area contributed by atoms with Crippen LogP contribution < -0.4 is 0 Å². The van der Waals surface area contributed by atoms with Gasteiger partial charge in [0.1, 0.15) is 0 Å². The average molecular weight is 263 g/mol. The van der Waals surface area contributed by atoms with Crippen molar-refractivity contribution in [1.82, 2.24) is 0 Å². The van der Waals surface area contributed by atoms with Gasteiger partial charge in [-0.25, -0.2) is 0 Å². The van der Waals surface area contributed by atoms with Crippen LogP contribution in [0.4, 0.5) is 0 Å². The number of unbranched alkanes of at least 4 members (excludes halogenated alkanes) is 4. The molecule has 0 aromatic carbocycles. The maximum Gasteiger partial charge on any atom is -0.0210 e. The van der Waals surface area contributed by atoms with Gasteiger partial charge >= 0.3 is 0 Å². The Kier molecular flexibility index (Phi) is 7.32. The molecule has 0 nitrogen and oxygen atoms in total. The predicted octanol–water partition coefficient (Wildman–Crippen LogP) is 6.69. The Balaban J connectivity index is 1.54. The Bertz CT molecular complexity index is 206. The lowest BCUT2D eigenvalue weighted by molar-refractivity contribution is 0.246. The van der Waals surface area contributed by atoms with Gasteiger partial charge in [0.2, 0.25) is 0 Å². The fourth-order valence-corrected chi connectivity index (χ4v) is 4.31. The highest BCUT2D eigenvalue weighted by molar-refractivity contribution is 5.00. The first-order valence-corrected chi connectivity index (χ1v) is 9.24. The van der Waals surface area contributed by atoms with E-state index in [1.54, 1.807) is 12.8 Å². The molecular formula is C19H35. The van der Waals surface area contributed by atoms with Gasteiger partial charge in [0.15, 0.2) is 0 Å². The number of hydrogen-bond donors (Lipinski definition) is 0. The Morgan fingerprint density at radius 3 is 2.16 bits per heavy atom. The number of rotatable bonds is 7. The van der Waals surface area contributed by atoms with Crippen LogP contribution in [0.1, 0.15) is 103 Å². The van der Waals surface area contributed by atoms with E-state index in [0.29, 0.717) is 0 Å². The second-order valence-electron chi connectivity index (χ2n) is 7.14. The molecule has 0 heteroatoms. The molecule has 0 unspecified atom stereocenters. The van der Waals surface area contributed by atoms with E-state index < -0.39 is 0 Å². The molecule has 0 aromatic rings. The van der Waals surface area contributed by atoms with E-state index in [2.05, 4.69) is 6.92 Å². The summed E-state index contributed by atoms with van der Waals surface area (Å²) in [6.45, 7) is 2.31. The minimum Gasteiger partial charge on any atom is -0.0654 e. The van der Waals surface area contributed by atoms with Crippen molar-refractivity contribution in [3.05, 3.63) is 5.92 Å². The Morgan fingerprint density at radius 2 is 1.47 bits per heavy atom. The molecule has 0 bridgehead atoms. The van der Waals surface area contributed by atoms with Crippen LogP contribution in [0.2, 0.25) is 0 Å². The van der Waals surface area contributed by atoms with Crippen LogP contribution >= 0.6 is 0 Å². The van der Waals surface area contributed by atoms with Crippen molar-refractivity contribution in [3.8, 4) is 0 Å². The second-order valence-corrected chi connectivity index (χ2v) is 7.14. The van der Waals surface area contributed by atoms with Crippen molar-refractivity contribution in [1.29, 1.82) is 0 Å². The summed E-state index contributed by atoms with van der Waals surface area (Å²) in [5.74, 6) is 4.09.